The number of amides is 2. The number of aliphatic imine (C=N–C) groups is 1. The van der Waals surface area contributed by atoms with Crippen molar-refractivity contribution in [2.24, 2.45) is 10.7 Å². The van der Waals surface area contributed by atoms with E-state index < -0.39 is 27.8 Å². The van der Waals surface area contributed by atoms with Gasteiger partial charge in [0, 0.05) is 37.8 Å². The number of anilines is 1. The summed E-state index contributed by atoms with van der Waals surface area (Å²) in [5.74, 6) is -0.899. The van der Waals surface area contributed by atoms with Gasteiger partial charge in [0.1, 0.15) is 10.4 Å². The van der Waals surface area contributed by atoms with Crippen LogP contribution in [-0.2, 0) is 10.3 Å². The van der Waals surface area contributed by atoms with E-state index in [-0.39, 0.29) is 46.9 Å². The highest BCUT2D eigenvalue weighted by Gasteiger charge is 2.48. The molecule has 12 heteroatoms. The van der Waals surface area contributed by atoms with Crippen molar-refractivity contribution in [3.8, 4) is 18.2 Å². The minimum atomic E-state index is -1.38. The zero-order chi connectivity index (χ0) is 26.0. The van der Waals surface area contributed by atoms with Crippen molar-refractivity contribution in [3.05, 3.63) is 47.4 Å². The molecule has 2 amide bonds. The molecule has 1 aromatic carbocycles. The van der Waals surface area contributed by atoms with Crippen LogP contribution in [0.5, 0.6) is 5.88 Å². The standard InChI is InChI=1S/C23H24F2N6O3S/c1-6-7-34-17-11-27-16(10-28-17)19(32)29-13-8-14(18(25)15(24)9-13)22(2)12-23(3,20(33)31(4)5)35-21(26)30-22/h1,8-11H,7,12H2,2-5H3,(H2,26,30)(H,29,32)/t22-,23+/m0/s1. The van der Waals surface area contributed by atoms with Gasteiger partial charge in [-0.15, -0.1) is 6.42 Å². The molecule has 1 aliphatic rings. The lowest BCUT2D eigenvalue weighted by Crippen LogP contribution is -2.49. The van der Waals surface area contributed by atoms with Gasteiger partial charge < -0.3 is 20.7 Å². The predicted octanol–water partition coefficient (Wildman–Crippen LogP) is 2.53. The SMILES string of the molecule is C#CCOc1cnc(C(=O)Nc2cc(F)c(F)c([C@]3(C)C[C@](C)(C(=O)N(C)C)SC(N)=N3)c2)cn1. The van der Waals surface area contributed by atoms with Gasteiger partial charge in [0.15, 0.2) is 23.4 Å². The first-order valence-corrected chi connectivity index (χ1v) is 11.2. The summed E-state index contributed by atoms with van der Waals surface area (Å²) in [6.07, 6.45) is 7.52. The molecular formula is C23H24F2N6O3S. The van der Waals surface area contributed by atoms with Gasteiger partial charge in [0.05, 0.1) is 17.9 Å². The number of hydrogen-bond acceptors (Lipinski definition) is 8. The molecule has 0 aliphatic carbocycles. The van der Waals surface area contributed by atoms with Crippen molar-refractivity contribution in [3.63, 3.8) is 0 Å². The molecule has 9 nitrogen and oxygen atoms in total. The number of rotatable bonds is 6. The van der Waals surface area contributed by atoms with Gasteiger partial charge in [-0.05, 0) is 19.9 Å². The topological polar surface area (TPSA) is 123 Å². The fourth-order valence-corrected chi connectivity index (χ4v) is 5.18. The van der Waals surface area contributed by atoms with E-state index in [4.69, 9.17) is 16.9 Å². The van der Waals surface area contributed by atoms with Crippen LogP contribution in [0.4, 0.5) is 14.5 Å². The van der Waals surface area contributed by atoms with Crippen LogP contribution in [-0.4, -0.2) is 57.3 Å². The zero-order valence-electron chi connectivity index (χ0n) is 19.6. The van der Waals surface area contributed by atoms with Gasteiger partial charge in [-0.1, -0.05) is 17.7 Å². The number of amidine groups is 1. The molecule has 3 N–H and O–H groups in total. The Balaban J connectivity index is 1.93. The third-order valence-corrected chi connectivity index (χ3v) is 6.33. The Hall–Kier alpha value is -3.72. The Kier molecular flexibility index (Phi) is 7.30. The number of halogens is 2. The zero-order valence-corrected chi connectivity index (χ0v) is 20.4. The third kappa shape index (κ3) is 5.51. The number of aromatic nitrogens is 2. The lowest BCUT2D eigenvalue weighted by molar-refractivity contribution is -0.131. The Labute approximate surface area is 205 Å². The molecule has 0 fully saturated rings. The molecule has 1 aliphatic heterocycles. The van der Waals surface area contributed by atoms with E-state index in [2.05, 4.69) is 26.2 Å². The number of nitrogens with two attached hydrogens (primary N) is 1. The van der Waals surface area contributed by atoms with Gasteiger partial charge in [-0.25, -0.2) is 18.7 Å². The molecule has 0 saturated heterocycles. The number of ether oxygens (including phenoxy) is 1. The second-order valence-corrected chi connectivity index (χ2v) is 9.96. The first-order chi connectivity index (χ1) is 16.4. The average Bonchev–Trinajstić information content (AvgIpc) is 2.78. The molecular weight excluding hydrogens is 478 g/mol. The predicted molar refractivity (Wildman–Crippen MR) is 129 cm³/mol. The maximum atomic E-state index is 15.0. The van der Waals surface area contributed by atoms with Gasteiger partial charge in [0.25, 0.3) is 5.91 Å². The summed E-state index contributed by atoms with van der Waals surface area (Å²) in [5.41, 5.74) is 4.35. The second kappa shape index (κ2) is 9.87. The minimum Gasteiger partial charge on any atom is -0.463 e. The van der Waals surface area contributed by atoms with Crippen LogP contribution in [0.1, 0.15) is 36.3 Å². The molecule has 184 valence electrons. The van der Waals surface area contributed by atoms with Crippen molar-refractivity contribution in [2.75, 3.05) is 26.0 Å². The molecule has 3 rings (SSSR count). The second-order valence-electron chi connectivity index (χ2n) is 8.44. The highest BCUT2D eigenvalue weighted by molar-refractivity contribution is 8.15. The van der Waals surface area contributed by atoms with Crippen molar-refractivity contribution in [2.45, 2.75) is 30.6 Å². The molecule has 0 radical (unpaired) electrons. The summed E-state index contributed by atoms with van der Waals surface area (Å²) in [4.78, 5) is 39.1. The van der Waals surface area contributed by atoms with Crippen molar-refractivity contribution < 1.29 is 23.1 Å². The minimum absolute atomic E-state index is 0.0126. The Morgan fingerprint density at radius 2 is 2.00 bits per heavy atom. The summed E-state index contributed by atoms with van der Waals surface area (Å²) in [6.45, 7) is 3.22. The van der Waals surface area contributed by atoms with Gasteiger partial charge >= 0.3 is 0 Å². The highest BCUT2D eigenvalue weighted by Crippen LogP contribution is 2.47. The van der Waals surface area contributed by atoms with Crippen LogP contribution in [0, 0.1) is 24.0 Å². The first-order valence-electron chi connectivity index (χ1n) is 10.3. The molecule has 2 atom stereocenters. The van der Waals surface area contributed by atoms with Crippen LogP contribution in [0.15, 0.2) is 29.5 Å². The highest BCUT2D eigenvalue weighted by atomic mass is 32.2. The largest absolute Gasteiger partial charge is 0.463 e. The van der Waals surface area contributed by atoms with Gasteiger partial charge in [-0.2, -0.15) is 0 Å². The summed E-state index contributed by atoms with van der Waals surface area (Å²) >= 11 is 1.06. The fourth-order valence-electron chi connectivity index (χ4n) is 3.85. The van der Waals surface area contributed by atoms with E-state index in [9.17, 15) is 14.0 Å². The summed E-state index contributed by atoms with van der Waals surface area (Å²) in [7, 11) is 3.20. The van der Waals surface area contributed by atoms with Crippen LogP contribution in [0.3, 0.4) is 0 Å². The van der Waals surface area contributed by atoms with E-state index >= 15 is 4.39 Å². The molecule has 1 aromatic heterocycles. The number of carbonyl (C=O) groups excluding carboxylic acids is 2. The summed E-state index contributed by atoms with van der Waals surface area (Å²) < 4.78 is 33.7. The van der Waals surface area contributed by atoms with Crippen LogP contribution < -0.4 is 15.8 Å². The number of nitrogens with zero attached hydrogens (tertiary/aromatic N) is 4. The van der Waals surface area contributed by atoms with E-state index in [1.54, 1.807) is 27.9 Å². The lowest BCUT2D eigenvalue weighted by atomic mass is 9.82. The van der Waals surface area contributed by atoms with Crippen molar-refractivity contribution in [1.29, 1.82) is 0 Å². The Bertz CT molecular complexity index is 1230. The number of benzene rings is 1. The number of terminal acetylenes is 1. The summed E-state index contributed by atoms with van der Waals surface area (Å²) in [5, 5.41) is 2.54. The van der Waals surface area contributed by atoms with Gasteiger partial charge in [-0.3, -0.25) is 14.6 Å². The molecule has 0 bridgehead atoms. The molecule has 35 heavy (non-hydrogen) atoms. The lowest BCUT2D eigenvalue weighted by Gasteiger charge is -2.41. The van der Waals surface area contributed by atoms with E-state index in [0.717, 1.165) is 24.0 Å². The smallest absolute Gasteiger partial charge is 0.275 e. The van der Waals surface area contributed by atoms with Crippen LogP contribution >= 0.6 is 11.8 Å². The quantitative estimate of drug-likeness (QED) is 0.582. The van der Waals surface area contributed by atoms with Crippen LogP contribution in [0.2, 0.25) is 0 Å². The van der Waals surface area contributed by atoms with Crippen molar-refractivity contribution in [1.82, 2.24) is 14.9 Å². The number of carbonyl (C=O) groups is 2. The molecule has 2 aromatic rings. The van der Waals surface area contributed by atoms with E-state index in [1.807, 2.05) is 0 Å². The average molecular weight is 503 g/mol. The maximum absolute atomic E-state index is 15.0. The molecule has 0 spiro atoms. The van der Waals surface area contributed by atoms with E-state index in [1.165, 1.54) is 17.2 Å². The Morgan fingerprint density at radius 3 is 2.60 bits per heavy atom. The number of hydrogen-bond donors (Lipinski definition) is 2. The first kappa shape index (κ1) is 25.9. The molecule has 2 heterocycles. The number of thioether (sulfide) groups is 1. The van der Waals surface area contributed by atoms with E-state index in [0.29, 0.717) is 0 Å². The monoisotopic (exact) mass is 502 g/mol. The Morgan fingerprint density at radius 1 is 1.29 bits per heavy atom. The molecule has 0 saturated carbocycles. The van der Waals surface area contributed by atoms with Gasteiger partial charge in [0.2, 0.25) is 11.8 Å². The normalized spacial score (nSPS) is 21.5. The number of nitrogens with one attached hydrogen (secondary N) is 1. The van der Waals surface area contributed by atoms with Crippen LogP contribution in [0.25, 0.3) is 0 Å². The summed E-state index contributed by atoms with van der Waals surface area (Å²) in [6, 6.07) is 2.11. The molecule has 0 unspecified atom stereocenters. The third-order valence-electron chi connectivity index (χ3n) is 5.26. The maximum Gasteiger partial charge on any atom is 0.275 e. The van der Waals surface area contributed by atoms with Crippen molar-refractivity contribution >= 4 is 34.4 Å². The fraction of sp³-hybridized carbons (Fsp3) is 0.348.